The lowest BCUT2D eigenvalue weighted by atomic mass is 10.1. The lowest BCUT2D eigenvalue weighted by molar-refractivity contribution is 0.306. The summed E-state index contributed by atoms with van der Waals surface area (Å²) in [5, 5.41) is 4.57. The van der Waals surface area contributed by atoms with Gasteiger partial charge in [-0.15, -0.1) is 0 Å². The Balaban J connectivity index is 1.29. The van der Waals surface area contributed by atoms with Crippen molar-refractivity contribution < 1.29 is 17.8 Å². The van der Waals surface area contributed by atoms with E-state index in [0.29, 0.717) is 27.9 Å². The first-order valence-corrected chi connectivity index (χ1v) is 15.5. The normalized spacial score (nSPS) is 12.8. The molecular weight excluding hydrogens is 549 g/mol. The molecular formula is C31H29ClFN3O3S. The van der Waals surface area contributed by atoms with Gasteiger partial charge in [-0.05, 0) is 94.5 Å². The molecule has 0 aliphatic carbocycles. The molecule has 206 valence electrons. The van der Waals surface area contributed by atoms with Crippen LogP contribution in [-0.4, -0.2) is 32.1 Å². The summed E-state index contributed by atoms with van der Waals surface area (Å²) >= 11 is 6.48. The standard InChI is InChI=1S/C31H29ClFN3O3S/c1-40(2,37)15-4-3-8-25-11-14-29(39-25)22-9-12-28-26(17-22)31(35-20-34-28)36-24-10-13-30(27(32)18-24)38-19-21-6-5-7-23(33)16-21/h5-7,9-14,16-18,20H,1,3-4,8,15,19H2,2H3,(H,34,35,36). The van der Waals surface area contributed by atoms with Crippen molar-refractivity contribution in [3.63, 3.8) is 0 Å². The maximum absolute atomic E-state index is 13.4. The molecule has 0 saturated carbocycles. The summed E-state index contributed by atoms with van der Waals surface area (Å²) in [5.74, 6) is 6.79. The number of nitrogens with zero attached hydrogens (tertiary/aromatic N) is 2. The first-order chi connectivity index (χ1) is 19.2. The summed E-state index contributed by atoms with van der Waals surface area (Å²) in [6.45, 7) is 0.203. The average molecular weight is 578 g/mol. The van der Waals surface area contributed by atoms with Gasteiger partial charge in [0.2, 0.25) is 0 Å². The number of unbranched alkanes of at least 4 members (excludes halogenated alkanes) is 1. The van der Waals surface area contributed by atoms with E-state index in [2.05, 4.69) is 21.2 Å². The number of hydrogen-bond acceptors (Lipinski definition) is 6. The molecule has 0 aliphatic rings. The van der Waals surface area contributed by atoms with E-state index >= 15 is 0 Å². The Bertz CT molecular complexity index is 1750. The topological polar surface area (TPSA) is 77.2 Å². The number of benzene rings is 3. The van der Waals surface area contributed by atoms with Gasteiger partial charge in [-0.2, -0.15) is 0 Å². The van der Waals surface area contributed by atoms with Crippen molar-refractivity contribution in [3.05, 3.63) is 101 Å². The molecule has 1 N–H and O–H groups in total. The van der Waals surface area contributed by atoms with Crippen molar-refractivity contribution in [1.82, 2.24) is 9.97 Å². The van der Waals surface area contributed by atoms with Crippen LogP contribution in [0.1, 0.15) is 24.2 Å². The Morgan fingerprint density at radius 3 is 2.73 bits per heavy atom. The first kappa shape index (κ1) is 27.7. The Morgan fingerprint density at radius 1 is 1.05 bits per heavy atom. The number of fused-ring (bicyclic) bond motifs is 1. The van der Waals surface area contributed by atoms with Crippen LogP contribution in [0.3, 0.4) is 0 Å². The van der Waals surface area contributed by atoms with Crippen molar-refractivity contribution in [2.24, 2.45) is 0 Å². The number of anilines is 2. The zero-order valence-electron chi connectivity index (χ0n) is 22.0. The number of aromatic nitrogens is 2. The number of halogens is 2. The SMILES string of the molecule is C=S(C)(=O)CCCCc1ccc(-c2ccc3ncnc(Nc4ccc(OCc5cccc(F)c5)c(Cl)c4)c3c2)o1. The fraction of sp³-hybridized carbons (Fsp3) is 0.194. The third-order valence-electron chi connectivity index (χ3n) is 6.31. The van der Waals surface area contributed by atoms with E-state index < -0.39 is 9.52 Å². The van der Waals surface area contributed by atoms with Gasteiger partial charge in [-0.3, -0.25) is 4.21 Å². The molecule has 5 rings (SSSR count). The molecule has 0 saturated heterocycles. The van der Waals surface area contributed by atoms with Gasteiger partial charge in [-0.1, -0.05) is 23.7 Å². The van der Waals surface area contributed by atoms with Gasteiger partial charge >= 0.3 is 0 Å². The minimum absolute atomic E-state index is 0.203. The second-order valence-corrected chi connectivity index (χ2v) is 12.9. The van der Waals surface area contributed by atoms with Crippen molar-refractivity contribution in [1.29, 1.82) is 0 Å². The summed E-state index contributed by atoms with van der Waals surface area (Å²) in [6, 6.07) is 21.5. The summed E-state index contributed by atoms with van der Waals surface area (Å²) < 4.78 is 37.1. The van der Waals surface area contributed by atoms with Gasteiger partial charge in [0, 0.05) is 35.1 Å². The molecule has 3 aromatic carbocycles. The summed E-state index contributed by atoms with van der Waals surface area (Å²) in [7, 11) is -1.96. The monoisotopic (exact) mass is 577 g/mol. The maximum Gasteiger partial charge on any atom is 0.141 e. The van der Waals surface area contributed by atoms with E-state index in [1.54, 1.807) is 30.5 Å². The maximum atomic E-state index is 13.4. The van der Waals surface area contributed by atoms with Gasteiger partial charge in [0.05, 0.1) is 10.5 Å². The van der Waals surface area contributed by atoms with Crippen LogP contribution < -0.4 is 10.1 Å². The molecule has 0 spiro atoms. The summed E-state index contributed by atoms with van der Waals surface area (Å²) in [6.07, 6.45) is 5.72. The second-order valence-electron chi connectivity index (χ2n) is 9.75. The van der Waals surface area contributed by atoms with E-state index in [9.17, 15) is 8.60 Å². The molecule has 0 radical (unpaired) electrons. The Labute approximate surface area is 238 Å². The third kappa shape index (κ3) is 7.20. The highest BCUT2D eigenvalue weighted by Crippen LogP contribution is 2.33. The number of aryl methyl sites for hydroxylation is 1. The number of ether oxygens (including phenoxy) is 1. The zero-order valence-corrected chi connectivity index (χ0v) is 23.6. The van der Waals surface area contributed by atoms with Crippen LogP contribution in [-0.2, 0) is 22.5 Å². The minimum atomic E-state index is -1.96. The second kappa shape index (κ2) is 12.1. The largest absolute Gasteiger partial charge is 0.487 e. The fourth-order valence-electron chi connectivity index (χ4n) is 4.30. The van der Waals surface area contributed by atoms with Crippen molar-refractivity contribution in [2.45, 2.75) is 25.9 Å². The van der Waals surface area contributed by atoms with E-state index in [0.717, 1.165) is 52.9 Å². The fourth-order valence-corrected chi connectivity index (χ4v) is 5.35. The van der Waals surface area contributed by atoms with Crippen molar-refractivity contribution in [2.75, 3.05) is 17.3 Å². The van der Waals surface area contributed by atoms with Crippen molar-refractivity contribution in [3.8, 4) is 17.1 Å². The molecule has 1 unspecified atom stereocenters. The molecule has 40 heavy (non-hydrogen) atoms. The number of rotatable bonds is 11. The van der Waals surface area contributed by atoms with Gasteiger partial charge in [-0.25, -0.2) is 14.4 Å². The van der Waals surface area contributed by atoms with Gasteiger partial charge in [0.25, 0.3) is 0 Å². The van der Waals surface area contributed by atoms with Gasteiger partial charge in [0.1, 0.15) is 41.8 Å². The number of hydrogen-bond donors (Lipinski definition) is 1. The molecule has 2 heterocycles. The van der Waals surface area contributed by atoms with Crippen LogP contribution in [0.2, 0.25) is 5.02 Å². The average Bonchev–Trinajstić information content (AvgIpc) is 3.39. The van der Waals surface area contributed by atoms with Crippen molar-refractivity contribution >= 4 is 49.4 Å². The zero-order chi connectivity index (χ0) is 28.1. The lowest BCUT2D eigenvalue weighted by Gasteiger charge is -2.12. The first-order valence-electron chi connectivity index (χ1n) is 12.8. The molecule has 0 bridgehead atoms. The highest BCUT2D eigenvalue weighted by molar-refractivity contribution is 7.99. The van der Waals surface area contributed by atoms with Crippen LogP contribution in [0.25, 0.3) is 22.2 Å². The Morgan fingerprint density at radius 2 is 1.93 bits per heavy atom. The van der Waals surface area contributed by atoms with Crippen LogP contribution in [0.15, 0.2) is 83.5 Å². The molecule has 0 fully saturated rings. The Kier molecular flexibility index (Phi) is 8.38. The van der Waals surface area contributed by atoms with Crippen LogP contribution in [0.4, 0.5) is 15.9 Å². The molecule has 2 aromatic heterocycles. The van der Waals surface area contributed by atoms with E-state index in [1.807, 2.05) is 36.4 Å². The smallest absolute Gasteiger partial charge is 0.141 e. The van der Waals surface area contributed by atoms with Crippen LogP contribution >= 0.6 is 11.6 Å². The predicted molar refractivity (Wildman–Crippen MR) is 162 cm³/mol. The molecule has 0 aliphatic heterocycles. The third-order valence-corrected chi connectivity index (χ3v) is 7.76. The van der Waals surface area contributed by atoms with E-state index in [1.165, 1.54) is 18.5 Å². The van der Waals surface area contributed by atoms with E-state index in [4.69, 9.17) is 20.8 Å². The van der Waals surface area contributed by atoms with Gasteiger partial charge in [0.15, 0.2) is 0 Å². The van der Waals surface area contributed by atoms with Crippen LogP contribution in [0.5, 0.6) is 5.75 Å². The molecule has 6 nitrogen and oxygen atoms in total. The molecule has 0 amide bonds. The van der Waals surface area contributed by atoms with E-state index in [-0.39, 0.29) is 12.4 Å². The summed E-state index contributed by atoms with van der Waals surface area (Å²) in [4.78, 5) is 8.86. The quantitative estimate of drug-likeness (QED) is 0.128. The number of nitrogens with one attached hydrogen (secondary N) is 1. The van der Waals surface area contributed by atoms with Gasteiger partial charge < -0.3 is 14.5 Å². The summed E-state index contributed by atoms with van der Waals surface area (Å²) in [5.41, 5.74) is 3.13. The minimum Gasteiger partial charge on any atom is -0.487 e. The predicted octanol–water partition coefficient (Wildman–Crippen LogP) is 7.67. The van der Waals surface area contributed by atoms with Crippen LogP contribution in [0, 0.1) is 5.82 Å². The molecule has 9 heteroatoms. The highest BCUT2D eigenvalue weighted by Gasteiger charge is 2.11. The Hall–Kier alpha value is -3.88. The highest BCUT2D eigenvalue weighted by atomic mass is 35.5. The molecule has 1 atom stereocenters. The molecule has 5 aromatic rings. The number of furan rings is 1. The lowest BCUT2D eigenvalue weighted by Crippen LogP contribution is -2.02.